The van der Waals surface area contributed by atoms with E-state index in [4.69, 9.17) is 4.74 Å². The van der Waals surface area contributed by atoms with Crippen LogP contribution in [-0.2, 0) is 6.54 Å². The smallest absolute Gasteiger partial charge is 0.193 e. The van der Waals surface area contributed by atoms with Crippen LogP contribution in [0.2, 0.25) is 0 Å². The minimum Gasteiger partial charge on any atom is -0.494 e. The van der Waals surface area contributed by atoms with Gasteiger partial charge in [-0.05, 0) is 25.5 Å². The van der Waals surface area contributed by atoms with Crippen molar-refractivity contribution < 1.29 is 4.74 Å². The highest BCUT2D eigenvalue weighted by Crippen LogP contribution is 2.20. The summed E-state index contributed by atoms with van der Waals surface area (Å²) in [7, 11) is 5.71. The zero-order chi connectivity index (χ0) is 13.5. The highest BCUT2D eigenvalue weighted by atomic mass is 127. The highest BCUT2D eigenvalue weighted by Gasteiger charge is 2.06. The molecule has 1 aromatic carbocycles. The van der Waals surface area contributed by atoms with Crippen LogP contribution in [0.25, 0.3) is 0 Å². The summed E-state index contributed by atoms with van der Waals surface area (Å²) in [6.45, 7) is 5.45. The molecule has 0 heterocycles. The second-order valence-electron chi connectivity index (χ2n) is 4.34. The van der Waals surface area contributed by atoms with Crippen LogP contribution in [0.1, 0.15) is 18.1 Å². The molecule has 0 aliphatic carbocycles. The quantitative estimate of drug-likeness (QED) is 0.498. The van der Waals surface area contributed by atoms with Crippen molar-refractivity contribution >= 4 is 29.9 Å². The number of aryl methyl sites for hydroxylation is 1. The minimum absolute atomic E-state index is 0. The molecule has 0 atom stereocenters. The first-order chi connectivity index (χ1) is 8.58. The first-order valence-electron chi connectivity index (χ1n) is 6.18. The van der Waals surface area contributed by atoms with Gasteiger partial charge < -0.3 is 15.0 Å². The molecule has 0 spiro atoms. The maximum atomic E-state index is 5.65. The molecule has 0 unspecified atom stereocenters. The Bertz CT molecular complexity index is 419. The van der Waals surface area contributed by atoms with Gasteiger partial charge in [-0.2, -0.15) is 0 Å². The Labute approximate surface area is 133 Å². The normalized spacial score (nSPS) is 10.7. The topological polar surface area (TPSA) is 36.9 Å². The summed E-state index contributed by atoms with van der Waals surface area (Å²) in [5, 5.41) is 3.30. The van der Waals surface area contributed by atoms with E-state index in [1.807, 2.05) is 25.9 Å². The van der Waals surface area contributed by atoms with Crippen LogP contribution in [0.15, 0.2) is 23.2 Å². The number of benzene rings is 1. The fourth-order valence-electron chi connectivity index (χ4n) is 1.71. The largest absolute Gasteiger partial charge is 0.494 e. The van der Waals surface area contributed by atoms with Crippen LogP contribution in [0.5, 0.6) is 5.75 Å². The molecule has 4 nitrogen and oxygen atoms in total. The molecule has 0 radical (unpaired) electrons. The number of guanidine groups is 1. The SMILES string of the molecule is CCOc1cc(C)ccc1CNC(=NC)N(C)C.I. The van der Waals surface area contributed by atoms with E-state index in [2.05, 4.69) is 35.4 Å². The molecule has 0 aliphatic heterocycles. The molecule has 1 aromatic rings. The van der Waals surface area contributed by atoms with Crippen molar-refractivity contribution in [1.82, 2.24) is 10.2 Å². The fraction of sp³-hybridized carbons (Fsp3) is 0.500. The van der Waals surface area contributed by atoms with E-state index in [1.54, 1.807) is 7.05 Å². The number of hydrogen-bond donors (Lipinski definition) is 1. The van der Waals surface area contributed by atoms with Gasteiger partial charge in [0.2, 0.25) is 0 Å². The third-order valence-electron chi connectivity index (χ3n) is 2.59. The van der Waals surface area contributed by atoms with Gasteiger partial charge in [0.25, 0.3) is 0 Å². The standard InChI is InChI=1S/C14H23N3O.HI/c1-6-18-13-9-11(2)7-8-12(13)10-16-14(15-3)17(4)5;/h7-9H,6,10H2,1-5H3,(H,15,16);1H. The molecule has 0 bridgehead atoms. The van der Waals surface area contributed by atoms with Crippen molar-refractivity contribution in [3.8, 4) is 5.75 Å². The average molecular weight is 377 g/mol. The van der Waals surface area contributed by atoms with E-state index in [1.165, 1.54) is 5.56 Å². The maximum absolute atomic E-state index is 5.65. The van der Waals surface area contributed by atoms with Gasteiger partial charge in [0.05, 0.1) is 6.61 Å². The summed E-state index contributed by atoms with van der Waals surface area (Å²) in [6, 6.07) is 6.26. The van der Waals surface area contributed by atoms with Gasteiger partial charge in [0.1, 0.15) is 5.75 Å². The molecule has 19 heavy (non-hydrogen) atoms. The average Bonchev–Trinajstić information content (AvgIpc) is 2.32. The number of halogens is 1. The van der Waals surface area contributed by atoms with Crippen molar-refractivity contribution in [2.75, 3.05) is 27.7 Å². The number of ether oxygens (including phenoxy) is 1. The maximum Gasteiger partial charge on any atom is 0.193 e. The third-order valence-corrected chi connectivity index (χ3v) is 2.59. The molecule has 1 rings (SSSR count). The fourth-order valence-corrected chi connectivity index (χ4v) is 1.71. The summed E-state index contributed by atoms with van der Waals surface area (Å²) in [5.41, 5.74) is 2.35. The summed E-state index contributed by atoms with van der Waals surface area (Å²) in [6.07, 6.45) is 0. The van der Waals surface area contributed by atoms with Crippen molar-refractivity contribution in [3.05, 3.63) is 29.3 Å². The second-order valence-corrected chi connectivity index (χ2v) is 4.34. The lowest BCUT2D eigenvalue weighted by atomic mass is 10.1. The molecule has 0 amide bonds. The van der Waals surface area contributed by atoms with E-state index in [0.29, 0.717) is 13.2 Å². The van der Waals surface area contributed by atoms with Crippen LogP contribution in [0, 0.1) is 6.92 Å². The Morgan fingerprint density at radius 2 is 2.05 bits per heavy atom. The van der Waals surface area contributed by atoms with Crippen molar-refractivity contribution in [2.45, 2.75) is 20.4 Å². The Morgan fingerprint density at radius 1 is 1.37 bits per heavy atom. The molecule has 1 N–H and O–H groups in total. The first-order valence-corrected chi connectivity index (χ1v) is 6.18. The van der Waals surface area contributed by atoms with Crippen molar-refractivity contribution in [2.24, 2.45) is 4.99 Å². The van der Waals surface area contributed by atoms with Gasteiger partial charge >= 0.3 is 0 Å². The van der Waals surface area contributed by atoms with E-state index >= 15 is 0 Å². The van der Waals surface area contributed by atoms with Gasteiger partial charge in [-0.1, -0.05) is 12.1 Å². The van der Waals surface area contributed by atoms with Crippen LogP contribution in [0.3, 0.4) is 0 Å². The van der Waals surface area contributed by atoms with Crippen molar-refractivity contribution in [1.29, 1.82) is 0 Å². The van der Waals surface area contributed by atoms with Gasteiger partial charge in [0.15, 0.2) is 5.96 Å². The van der Waals surface area contributed by atoms with Crippen LogP contribution in [-0.4, -0.2) is 38.6 Å². The summed E-state index contributed by atoms with van der Waals surface area (Å²) >= 11 is 0. The Morgan fingerprint density at radius 3 is 2.58 bits per heavy atom. The molecule has 0 aromatic heterocycles. The van der Waals surface area contributed by atoms with Gasteiger partial charge in [0, 0.05) is 33.3 Å². The number of rotatable bonds is 4. The summed E-state index contributed by atoms with van der Waals surface area (Å²) in [4.78, 5) is 6.14. The molecular weight excluding hydrogens is 353 g/mol. The number of hydrogen-bond acceptors (Lipinski definition) is 2. The predicted octanol–water partition coefficient (Wildman–Crippen LogP) is 2.65. The monoisotopic (exact) mass is 377 g/mol. The molecule has 5 heteroatoms. The lowest BCUT2D eigenvalue weighted by molar-refractivity contribution is 0.336. The minimum atomic E-state index is 0. The van der Waals surface area contributed by atoms with Crippen molar-refractivity contribution in [3.63, 3.8) is 0 Å². The Kier molecular flexibility index (Phi) is 8.54. The van der Waals surface area contributed by atoms with E-state index in [-0.39, 0.29) is 24.0 Å². The zero-order valence-electron chi connectivity index (χ0n) is 12.4. The van der Waals surface area contributed by atoms with E-state index < -0.39 is 0 Å². The number of nitrogens with one attached hydrogen (secondary N) is 1. The number of nitrogens with zero attached hydrogens (tertiary/aromatic N) is 2. The second kappa shape index (κ2) is 9.01. The molecule has 0 saturated carbocycles. The summed E-state index contributed by atoms with van der Waals surface area (Å²) < 4.78 is 5.65. The molecule has 0 fully saturated rings. The Balaban J connectivity index is 0.00000324. The molecule has 0 aliphatic rings. The molecule has 108 valence electrons. The van der Waals surface area contributed by atoms with Crippen LogP contribution >= 0.6 is 24.0 Å². The molecular formula is C14H24IN3O. The van der Waals surface area contributed by atoms with Gasteiger partial charge in [-0.15, -0.1) is 24.0 Å². The summed E-state index contributed by atoms with van der Waals surface area (Å²) in [5.74, 6) is 1.80. The number of aliphatic imine (C=N–C) groups is 1. The van der Waals surface area contributed by atoms with Crippen LogP contribution < -0.4 is 10.1 Å². The first kappa shape index (κ1) is 18.0. The predicted molar refractivity (Wildman–Crippen MR) is 91.6 cm³/mol. The lowest BCUT2D eigenvalue weighted by Gasteiger charge is -2.18. The zero-order valence-corrected chi connectivity index (χ0v) is 14.7. The van der Waals surface area contributed by atoms with E-state index in [0.717, 1.165) is 17.3 Å². The molecule has 0 saturated heterocycles. The Hall–Kier alpha value is -0.980. The lowest BCUT2D eigenvalue weighted by Crippen LogP contribution is -2.35. The van der Waals surface area contributed by atoms with E-state index in [9.17, 15) is 0 Å². The van der Waals surface area contributed by atoms with Gasteiger partial charge in [-0.3, -0.25) is 4.99 Å². The third kappa shape index (κ3) is 5.67. The highest BCUT2D eigenvalue weighted by molar-refractivity contribution is 14.0. The van der Waals surface area contributed by atoms with Crippen LogP contribution in [0.4, 0.5) is 0 Å². The van der Waals surface area contributed by atoms with Gasteiger partial charge in [-0.25, -0.2) is 0 Å².